The van der Waals surface area contributed by atoms with Crippen molar-refractivity contribution in [1.82, 2.24) is 10.6 Å². The van der Waals surface area contributed by atoms with Gasteiger partial charge in [-0.15, -0.1) is 0 Å². The summed E-state index contributed by atoms with van der Waals surface area (Å²) in [4.78, 5) is 23.0. The summed E-state index contributed by atoms with van der Waals surface area (Å²) in [6.07, 6.45) is -3.22. The molecular formula is C21H20F3N3O4. The van der Waals surface area contributed by atoms with Crippen LogP contribution in [0.1, 0.15) is 36.1 Å². The number of alkyl halides is 3. The van der Waals surface area contributed by atoms with Crippen molar-refractivity contribution >= 4 is 12.0 Å². The number of carboxylic acid groups (broad SMARTS) is 1. The van der Waals surface area contributed by atoms with E-state index in [-0.39, 0.29) is 18.4 Å². The summed E-state index contributed by atoms with van der Waals surface area (Å²) in [6.45, 7) is 1.67. The highest BCUT2D eigenvalue weighted by Gasteiger charge is 2.32. The zero-order valence-electron chi connectivity index (χ0n) is 16.7. The van der Waals surface area contributed by atoms with Gasteiger partial charge in [-0.05, 0) is 47.4 Å². The van der Waals surface area contributed by atoms with Crippen LogP contribution in [0.5, 0.6) is 5.75 Å². The Morgan fingerprint density at radius 3 is 2.45 bits per heavy atom. The maximum absolute atomic E-state index is 13.4. The van der Waals surface area contributed by atoms with Gasteiger partial charge in [-0.1, -0.05) is 19.1 Å². The van der Waals surface area contributed by atoms with Gasteiger partial charge in [0.05, 0.1) is 25.1 Å². The molecule has 1 atom stereocenters. The van der Waals surface area contributed by atoms with E-state index in [0.717, 1.165) is 12.1 Å². The smallest absolute Gasteiger partial charge is 0.416 e. The zero-order valence-corrected chi connectivity index (χ0v) is 16.7. The number of nitrogens with one attached hydrogen (secondary N) is 2. The molecule has 7 nitrogen and oxygen atoms in total. The summed E-state index contributed by atoms with van der Waals surface area (Å²) in [5, 5.41) is 22.0. The molecule has 0 spiro atoms. The van der Waals surface area contributed by atoms with Crippen LogP contribution in [0.2, 0.25) is 0 Å². The number of carbonyl (C=O) groups excluding carboxylic acids is 1. The van der Waals surface area contributed by atoms with Crippen LogP contribution in [0, 0.1) is 11.5 Å². The van der Waals surface area contributed by atoms with E-state index >= 15 is 0 Å². The number of carboxylic acids is 1. The Labute approximate surface area is 176 Å². The van der Waals surface area contributed by atoms with Gasteiger partial charge in [-0.3, -0.25) is 4.79 Å². The normalized spacial score (nSPS) is 11.9. The molecule has 0 saturated carbocycles. The fourth-order valence-electron chi connectivity index (χ4n) is 3.17. The number of urea groups is 1. The van der Waals surface area contributed by atoms with Crippen molar-refractivity contribution in [3.8, 4) is 23.1 Å². The molecule has 2 amide bonds. The first kappa shape index (κ1) is 23.5. The van der Waals surface area contributed by atoms with Gasteiger partial charge in [0.1, 0.15) is 5.75 Å². The average Bonchev–Trinajstić information content (AvgIpc) is 2.70. The lowest BCUT2D eigenvalue weighted by atomic mass is 9.90. The molecule has 3 N–H and O–H groups in total. The van der Waals surface area contributed by atoms with Gasteiger partial charge in [0.15, 0.2) is 6.19 Å². The number of hydrogen-bond donors (Lipinski definition) is 3. The van der Waals surface area contributed by atoms with E-state index in [1.165, 1.54) is 31.5 Å². The van der Waals surface area contributed by atoms with Crippen molar-refractivity contribution in [2.45, 2.75) is 32.0 Å². The molecule has 0 radical (unpaired) electrons. The molecule has 2 aromatic carbocycles. The van der Waals surface area contributed by atoms with Gasteiger partial charge in [0.25, 0.3) is 0 Å². The lowest BCUT2D eigenvalue weighted by Gasteiger charge is -2.23. The molecule has 0 fully saturated rings. The third-order valence-electron chi connectivity index (χ3n) is 4.55. The number of nitriles is 1. The zero-order chi connectivity index (χ0) is 23.2. The highest BCUT2D eigenvalue weighted by Crippen LogP contribution is 2.40. The largest absolute Gasteiger partial charge is 0.496 e. The second-order valence-corrected chi connectivity index (χ2v) is 6.58. The predicted octanol–water partition coefficient (Wildman–Crippen LogP) is 4.24. The minimum Gasteiger partial charge on any atom is -0.496 e. The average molecular weight is 435 g/mol. The van der Waals surface area contributed by atoms with Crippen LogP contribution in [0.25, 0.3) is 11.1 Å². The molecule has 0 aliphatic rings. The Hall–Kier alpha value is -3.74. The Balaban J connectivity index is 2.70. The third kappa shape index (κ3) is 5.88. The Morgan fingerprint density at radius 2 is 1.90 bits per heavy atom. The predicted molar refractivity (Wildman–Crippen MR) is 105 cm³/mol. The molecule has 0 aliphatic heterocycles. The van der Waals surface area contributed by atoms with Gasteiger partial charge in [-0.2, -0.15) is 18.4 Å². The quantitative estimate of drug-likeness (QED) is 0.445. The number of benzene rings is 2. The summed E-state index contributed by atoms with van der Waals surface area (Å²) in [5.74, 6) is -0.739. The van der Waals surface area contributed by atoms with Crippen LogP contribution in [0.3, 0.4) is 0 Å². The molecule has 164 valence electrons. The topological polar surface area (TPSA) is 111 Å². The van der Waals surface area contributed by atoms with Crippen LogP contribution in [-0.4, -0.2) is 24.2 Å². The van der Waals surface area contributed by atoms with E-state index in [1.54, 1.807) is 13.0 Å². The monoisotopic (exact) mass is 435 g/mol. The standard InChI is InChI=1S/C21H20F3N3O4/c1-3-17(27-20(30)26-11-25)15-10-13(21(22,23)24)5-6-14(15)16-8-12(9-19(28)29)4-7-18(16)31-2/h4-8,10,17H,3,9H2,1-2H3,(H,28,29)(H2,26,27,30). The van der Waals surface area contributed by atoms with Gasteiger partial charge < -0.3 is 15.2 Å². The van der Waals surface area contributed by atoms with E-state index < -0.39 is 29.8 Å². The van der Waals surface area contributed by atoms with Crippen molar-refractivity contribution < 1.29 is 32.6 Å². The summed E-state index contributed by atoms with van der Waals surface area (Å²) in [5.41, 5.74) is 0.383. The van der Waals surface area contributed by atoms with Crippen LogP contribution < -0.4 is 15.4 Å². The van der Waals surface area contributed by atoms with E-state index in [1.807, 2.05) is 5.32 Å². The molecular weight excluding hydrogens is 415 g/mol. The van der Waals surface area contributed by atoms with E-state index in [0.29, 0.717) is 22.4 Å². The molecule has 0 saturated heterocycles. The second kappa shape index (κ2) is 9.84. The Morgan fingerprint density at radius 1 is 1.19 bits per heavy atom. The third-order valence-corrected chi connectivity index (χ3v) is 4.55. The number of methoxy groups -OCH3 is 1. The molecule has 0 bridgehead atoms. The number of aliphatic carboxylic acids is 1. The summed E-state index contributed by atoms with van der Waals surface area (Å²) in [6, 6.07) is 5.99. The number of amides is 2. The number of rotatable bonds is 7. The van der Waals surface area contributed by atoms with Crippen LogP contribution >= 0.6 is 0 Å². The number of ether oxygens (including phenoxy) is 1. The van der Waals surface area contributed by atoms with Gasteiger partial charge >= 0.3 is 18.2 Å². The number of nitrogens with zero attached hydrogens (tertiary/aromatic N) is 1. The molecule has 0 aliphatic carbocycles. The molecule has 10 heteroatoms. The fourth-order valence-corrected chi connectivity index (χ4v) is 3.17. The SMILES string of the molecule is CCC(NC(=O)NC#N)c1cc(C(F)(F)F)ccc1-c1cc(CC(=O)O)ccc1OC. The highest BCUT2D eigenvalue weighted by atomic mass is 19.4. The molecule has 2 rings (SSSR count). The second-order valence-electron chi connectivity index (χ2n) is 6.58. The lowest BCUT2D eigenvalue weighted by molar-refractivity contribution is -0.138. The Bertz CT molecular complexity index is 1020. The number of carbonyl (C=O) groups is 2. The maximum Gasteiger partial charge on any atom is 0.416 e. The molecule has 31 heavy (non-hydrogen) atoms. The summed E-state index contributed by atoms with van der Waals surface area (Å²) >= 11 is 0. The number of hydrogen-bond acceptors (Lipinski definition) is 4. The van der Waals surface area contributed by atoms with Crippen LogP contribution in [-0.2, 0) is 17.4 Å². The van der Waals surface area contributed by atoms with Gasteiger partial charge in [0.2, 0.25) is 0 Å². The van der Waals surface area contributed by atoms with Gasteiger partial charge in [0, 0.05) is 5.56 Å². The van der Waals surface area contributed by atoms with Gasteiger partial charge in [-0.25, -0.2) is 10.1 Å². The van der Waals surface area contributed by atoms with Crippen LogP contribution in [0.15, 0.2) is 36.4 Å². The summed E-state index contributed by atoms with van der Waals surface area (Å²) in [7, 11) is 1.38. The lowest BCUT2D eigenvalue weighted by Crippen LogP contribution is -2.35. The Kier molecular flexibility index (Phi) is 7.47. The van der Waals surface area contributed by atoms with Crippen molar-refractivity contribution in [1.29, 1.82) is 5.26 Å². The first-order valence-electron chi connectivity index (χ1n) is 9.16. The first-order chi connectivity index (χ1) is 14.6. The minimum absolute atomic E-state index is 0.149. The van der Waals surface area contributed by atoms with Crippen molar-refractivity contribution in [3.05, 3.63) is 53.1 Å². The fraction of sp³-hybridized carbons (Fsp3) is 0.286. The van der Waals surface area contributed by atoms with E-state index in [2.05, 4.69) is 5.32 Å². The van der Waals surface area contributed by atoms with Crippen LogP contribution in [0.4, 0.5) is 18.0 Å². The summed E-state index contributed by atoms with van der Waals surface area (Å²) < 4.78 is 45.5. The molecule has 0 aromatic heterocycles. The number of halogens is 3. The minimum atomic E-state index is -4.62. The van der Waals surface area contributed by atoms with Crippen molar-refractivity contribution in [3.63, 3.8) is 0 Å². The molecule has 0 heterocycles. The van der Waals surface area contributed by atoms with E-state index in [9.17, 15) is 22.8 Å². The van der Waals surface area contributed by atoms with Crippen molar-refractivity contribution in [2.24, 2.45) is 0 Å². The highest BCUT2D eigenvalue weighted by molar-refractivity contribution is 5.79. The van der Waals surface area contributed by atoms with Crippen molar-refractivity contribution in [2.75, 3.05) is 7.11 Å². The molecule has 1 unspecified atom stereocenters. The van der Waals surface area contributed by atoms with E-state index in [4.69, 9.17) is 15.1 Å². The maximum atomic E-state index is 13.4. The molecule has 2 aromatic rings. The first-order valence-corrected chi connectivity index (χ1v) is 9.16.